The number of hydrogen-bond acceptors (Lipinski definition) is 3. The zero-order valence-corrected chi connectivity index (χ0v) is 12.5. The molecule has 21 heavy (non-hydrogen) atoms. The van der Waals surface area contributed by atoms with Gasteiger partial charge in [-0.05, 0) is 50.1 Å². The maximum absolute atomic E-state index is 12.1. The van der Waals surface area contributed by atoms with Crippen molar-refractivity contribution in [2.24, 2.45) is 0 Å². The van der Waals surface area contributed by atoms with Gasteiger partial charge in [0.15, 0.2) is 18.2 Å². The summed E-state index contributed by atoms with van der Waals surface area (Å²) in [7, 11) is 0. The molecule has 0 saturated heterocycles. The Morgan fingerprint density at radius 1 is 0.952 bits per heavy atom. The molecule has 0 aliphatic carbocycles. The topological polar surface area (TPSA) is 43.4 Å². The van der Waals surface area contributed by atoms with Crippen LogP contribution < -0.4 is 4.74 Å². The van der Waals surface area contributed by atoms with Crippen LogP contribution in [-0.2, 0) is 0 Å². The Kier molecular flexibility index (Phi) is 4.53. The predicted molar refractivity (Wildman–Crippen MR) is 82.2 cm³/mol. The molecule has 2 rings (SSSR count). The standard InChI is InChI=1S/C18H18O3/c1-12-7-8-16(9-13(12)2)18(20)11-21-17-6-4-5-15(10-17)14(3)19/h4-10H,11H2,1-3H3. The third kappa shape index (κ3) is 3.78. The molecule has 0 saturated carbocycles. The van der Waals surface area contributed by atoms with Crippen LogP contribution in [0.5, 0.6) is 5.75 Å². The predicted octanol–water partition coefficient (Wildman–Crippen LogP) is 3.77. The Hall–Kier alpha value is -2.42. The molecule has 2 aromatic carbocycles. The number of aryl methyl sites for hydroxylation is 2. The molecule has 0 fully saturated rings. The van der Waals surface area contributed by atoms with Crippen molar-refractivity contribution in [1.29, 1.82) is 0 Å². The highest BCUT2D eigenvalue weighted by atomic mass is 16.5. The van der Waals surface area contributed by atoms with Gasteiger partial charge in [-0.3, -0.25) is 9.59 Å². The number of ketones is 2. The summed E-state index contributed by atoms with van der Waals surface area (Å²) in [4.78, 5) is 23.4. The van der Waals surface area contributed by atoms with Gasteiger partial charge in [-0.15, -0.1) is 0 Å². The van der Waals surface area contributed by atoms with Crippen molar-refractivity contribution in [3.05, 3.63) is 64.7 Å². The number of rotatable bonds is 5. The van der Waals surface area contributed by atoms with E-state index in [0.717, 1.165) is 11.1 Å². The first-order valence-electron chi connectivity index (χ1n) is 6.81. The SMILES string of the molecule is CC(=O)c1cccc(OCC(=O)c2ccc(C)c(C)c2)c1. The number of benzene rings is 2. The Morgan fingerprint density at radius 2 is 1.71 bits per heavy atom. The molecule has 0 spiro atoms. The van der Waals surface area contributed by atoms with Crippen molar-refractivity contribution < 1.29 is 14.3 Å². The van der Waals surface area contributed by atoms with Crippen LogP contribution in [0.1, 0.15) is 38.8 Å². The molecule has 0 bridgehead atoms. The van der Waals surface area contributed by atoms with Crippen molar-refractivity contribution in [2.75, 3.05) is 6.61 Å². The highest BCUT2D eigenvalue weighted by molar-refractivity contribution is 5.97. The summed E-state index contributed by atoms with van der Waals surface area (Å²) in [6.07, 6.45) is 0. The van der Waals surface area contributed by atoms with E-state index in [0.29, 0.717) is 16.9 Å². The average Bonchev–Trinajstić information content (AvgIpc) is 2.48. The first-order valence-corrected chi connectivity index (χ1v) is 6.81. The molecule has 108 valence electrons. The molecule has 0 heterocycles. The van der Waals surface area contributed by atoms with Crippen molar-refractivity contribution >= 4 is 11.6 Å². The van der Waals surface area contributed by atoms with E-state index in [-0.39, 0.29) is 18.2 Å². The van der Waals surface area contributed by atoms with Gasteiger partial charge < -0.3 is 4.74 Å². The minimum Gasteiger partial charge on any atom is -0.485 e. The molecule has 0 aromatic heterocycles. The summed E-state index contributed by atoms with van der Waals surface area (Å²) in [6.45, 7) is 5.44. The largest absolute Gasteiger partial charge is 0.485 e. The second kappa shape index (κ2) is 6.35. The molecule has 0 aliphatic rings. The summed E-state index contributed by atoms with van der Waals surface area (Å²) in [5.74, 6) is 0.423. The molecule has 0 atom stereocenters. The van der Waals surface area contributed by atoms with Crippen molar-refractivity contribution in [3.8, 4) is 5.75 Å². The Morgan fingerprint density at radius 3 is 2.38 bits per heavy atom. The molecule has 2 aromatic rings. The number of hydrogen-bond donors (Lipinski definition) is 0. The van der Waals surface area contributed by atoms with Crippen LogP contribution in [0.2, 0.25) is 0 Å². The maximum Gasteiger partial charge on any atom is 0.200 e. The fourth-order valence-corrected chi connectivity index (χ4v) is 1.95. The normalized spacial score (nSPS) is 10.2. The zero-order valence-electron chi connectivity index (χ0n) is 12.5. The second-order valence-electron chi connectivity index (χ2n) is 5.09. The lowest BCUT2D eigenvalue weighted by molar-refractivity contribution is 0.0921. The van der Waals surface area contributed by atoms with Crippen LogP contribution in [-0.4, -0.2) is 18.2 Å². The average molecular weight is 282 g/mol. The van der Waals surface area contributed by atoms with Crippen molar-refractivity contribution in [2.45, 2.75) is 20.8 Å². The number of ether oxygens (including phenoxy) is 1. The molecule has 0 radical (unpaired) electrons. The van der Waals surface area contributed by atoms with E-state index in [2.05, 4.69) is 0 Å². The molecule has 0 N–H and O–H groups in total. The number of carbonyl (C=O) groups is 2. The van der Waals surface area contributed by atoms with Gasteiger partial charge in [0.2, 0.25) is 0 Å². The minimum absolute atomic E-state index is 0.0269. The molecule has 0 aliphatic heterocycles. The lowest BCUT2D eigenvalue weighted by Gasteiger charge is -2.08. The second-order valence-corrected chi connectivity index (χ2v) is 5.09. The molecule has 3 heteroatoms. The highest BCUT2D eigenvalue weighted by Gasteiger charge is 2.09. The van der Waals surface area contributed by atoms with E-state index in [1.807, 2.05) is 26.0 Å². The van der Waals surface area contributed by atoms with Gasteiger partial charge in [-0.2, -0.15) is 0 Å². The van der Waals surface area contributed by atoms with Crippen LogP contribution in [0.4, 0.5) is 0 Å². The first-order chi connectivity index (χ1) is 9.97. The summed E-state index contributed by atoms with van der Waals surface area (Å²) >= 11 is 0. The third-order valence-corrected chi connectivity index (χ3v) is 3.44. The summed E-state index contributed by atoms with van der Waals surface area (Å²) < 4.78 is 5.48. The van der Waals surface area contributed by atoms with E-state index >= 15 is 0 Å². The first kappa shape index (κ1) is 15.0. The van der Waals surface area contributed by atoms with Gasteiger partial charge in [0.1, 0.15) is 5.75 Å². The Balaban J connectivity index is 2.05. The van der Waals surface area contributed by atoms with Crippen LogP contribution in [0.15, 0.2) is 42.5 Å². The smallest absolute Gasteiger partial charge is 0.200 e. The van der Waals surface area contributed by atoms with Gasteiger partial charge in [-0.1, -0.05) is 24.3 Å². The molecule has 0 unspecified atom stereocenters. The van der Waals surface area contributed by atoms with E-state index < -0.39 is 0 Å². The van der Waals surface area contributed by atoms with Gasteiger partial charge in [0, 0.05) is 11.1 Å². The van der Waals surface area contributed by atoms with Crippen LogP contribution >= 0.6 is 0 Å². The van der Waals surface area contributed by atoms with Crippen molar-refractivity contribution in [3.63, 3.8) is 0 Å². The number of Topliss-reactive ketones (excluding diaryl/α,β-unsaturated/α-hetero) is 2. The highest BCUT2D eigenvalue weighted by Crippen LogP contribution is 2.15. The summed E-state index contributed by atoms with van der Waals surface area (Å²) in [5.41, 5.74) is 3.45. The van der Waals surface area contributed by atoms with Crippen LogP contribution in [0.3, 0.4) is 0 Å². The van der Waals surface area contributed by atoms with Gasteiger partial charge in [0.05, 0.1) is 0 Å². The van der Waals surface area contributed by atoms with Crippen LogP contribution in [0, 0.1) is 13.8 Å². The van der Waals surface area contributed by atoms with E-state index in [1.54, 1.807) is 30.3 Å². The van der Waals surface area contributed by atoms with Gasteiger partial charge in [0.25, 0.3) is 0 Å². The van der Waals surface area contributed by atoms with E-state index in [1.165, 1.54) is 6.92 Å². The Bertz CT molecular complexity index is 687. The molecule has 3 nitrogen and oxygen atoms in total. The van der Waals surface area contributed by atoms with Crippen LogP contribution in [0.25, 0.3) is 0 Å². The summed E-state index contributed by atoms with van der Waals surface area (Å²) in [6, 6.07) is 12.5. The minimum atomic E-state index is -0.0775. The van der Waals surface area contributed by atoms with Crippen molar-refractivity contribution in [1.82, 2.24) is 0 Å². The van der Waals surface area contributed by atoms with Gasteiger partial charge >= 0.3 is 0 Å². The Labute approximate surface area is 124 Å². The maximum atomic E-state index is 12.1. The quantitative estimate of drug-likeness (QED) is 0.784. The zero-order chi connectivity index (χ0) is 15.4. The molecular formula is C18H18O3. The molecular weight excluding hydrogens is 264 g/mol. The molecule has 0 amide bonds. The third-order valence-electron chi connectivity index (χ3n) is 3.44. The fourth-order valence-electron chi connectivity index (χ4n) is 1.95. The summed E-state index contributed by atoms with van der Waals surface area (Å²) in [5, 5.41) is 0. The fraction of sp³-hybridized carbons (Fsp3) is 0.222. The van der Waals surface area contributed by atoms with Gasteiger partial charge in [-0.25, -0.2) is 0 Å². The monoisotopic (exact) mass is 282 g/mol. The lowest BCUT2D eigenvalue weighted by atomic mass is 10.0. The van der Waals surface area contributed by atoms with E-state index in [4.69, 9.17) is 4.74 Å². The lowest BCUT2D eigenvalue weighted by Crippen LogP contribution is -2.12. The number of carbonyl (C=O) groups excluding carboxylic acids is 2. The van der Waals surface area contributed by atoms with E-state index in [9.17, 15) is 9.59 Å².